The van der Waals surface area contributed by atoms with Gasteiger partial charge in [-0.15, -0.1) is 0 Å². The predicted molar refractivity (Wildman–Crippen MR) is 81.5 cm³/mol. The third-order valence-electron chi connectivity index (χ3n) is 3.86. The summed E-state index contributed by atoms with van der Waals surface area (Å²) in [6.07, 6.45) is 4.77. The molecule has 1 heterocycles. The summed E-state index contributed by atoms with van der Waals surface area (Å²) in [7, 11) is 1.88. The highest BCUT2D eigenvalue weighted by molar-refractivity contribution is 5.61. The quantitative estimate of drug-likeness (QED) is 0.850. The molecule has 0 saturated heterocycles. The fourth-order valence-corrected chi connectivity index (χ4v) is 2.35. The molecule has 1 aromatic carbocycles. The van der Waals surface area contributed by atoms with E-state index in [2.05, 4.69) is 35.7 Å². The lowest BCUT2D eigenvalue weighted by atomic mass is 9.95. The van der Waals surface area contributed by atoms with Crippen molar-refractivity contribution < 1.29 is 5.11 Å². The first-order valence-corrected chi connectivity index (χ1v) is 6.97. The predicted octanol–water partition coefficient (Wildman–Crippen LogP) is 2.47. The monoisotopic (exact) mass is 273 g/mol. The number of aromatic nitrogens is 2. The van der Waals surface area contributed by atoms with E-state index in [1.54, 1.807) is 0 Å². The molecule has 108 valence electrons. The fourth-order valence-electron chi connectivity index (χ4n) is 2.35. The van der Waals surface area contributed by atoms with Gasteiger partial charge in [0.15, 0.2) is 0 Å². The van der Waals surface area contributed by atoms with Crippen LogP contribution in [0.1, 0.15) is 26.3 Å². The van der Waals surface area contributed by atoms with Crippen LogP contribution in [0.15, 0.2) is 42.7 Å². The van der Waals surface area contributed by atoms with Gasteiger partial charge in [-0.25, -0.2) is 0 Å². The van der Waals surface area contributed by atoms with Crippen LogP contribution in [0, 0.1) is 0 Å². The highest BCUT2D eigenvalue weighted by Gasteiger charge is 2.24. The summed E-state index contributed by atoms with van der Waals surface area (Å²) in [5, 5.41) is 17.1. The van der Waals surface area contributed by atoms with Crippen LogP contribution in [-0.4, -0.2) is 34.1 Å². The molecule has 0 saturated carbocycles. The zero-order valence-electron chi connectivity index (χ0n) is 12.4. The molecule has 4 heteroatoms. The Kier molecular flexibility index (Phi) is 4.57. The lowest BCUT2D eigenvalue weighted by Crippen LogP contribution is -2.45. The van der Waals surface area contributed by atoms with E-state index in [4.69, 9.17) is 0 Å². The molecular formula is C16H23N3O. The standard InChI is InChI=1S/C16H23N3O/c1-13(9-16(2,12-20)17-3)19-11-15(10-18-19)14-7-5-4-6-8-14/h4-8,10-11,13,17,20H,9,12H2,1-3H3. The highest BCUT2D eigenvalue weighted by atomic mass is 16.3. The molecule has 0 aliphatic rings. The number of benzene rings is 1. The van der Waals surface area contributed by atoms with Crippen molar-refractivity contribution in [1.29, 1.82) is 0 Å². The molecule has 0 amide bonds. The first-order valence-electron chi connectivity index (χ1n) is 6.97. The van der Waals surface area contributed by atoms with Crippen LogP contribution >= 0.6 is 0 Å². The van der Waals surface area contributed by atoms with Crippen molar-refractivity contribution >= 4 is 0 Å². The molecule has 2 unspecified atom stereocenters. The Morgan fingerprint density at radius 1 is 1.30 bits per heavy atom. The lowest BCUT2D eigenvalue weighted by Gasteiger charge is -2.30. The number of rotatable bonds is 6. The zero-order valence-corrected chi connectivity index (χ0v) is 12.4. The van der Waals surface area contributed by atoms with Gasteiger partial charge in [0.25, 0.3) is 0 Å². The largest absolute Gasteiger partial charge is 0.394 e. The van der Waals surface area contributed by atoms with E-state index in [-0.39, 0.29) is 18.2 Å². The van der Waals surface area contributed by atoms with Gasteiger partial charge in [-0.3, -0.25) is 4.68 Å². The van der Waals surface area contributed by atoms with Crippen LogP contribution in [-0.2, 0) is 0 Å². The number of hydrogen-bond donors (Lipinski definition) is 2. The molecule has 4 nitrogen and oxygen atoms in total. The van der Waals surface area contributed by atoms with Gasteiger partial charge >= 0.3 is 0 Å². The maximum atomic E-state index is 9.47. The Bertz CT molecular complexity index is 532. The summed E-state index contributed by atoms with van der Waals surface area (Å²) < 4.78 is 1.97. The molecular weight excluding hydrogens is 250 g/mol. The molecule has 2 aromatic rings. The van der Waals surface area contributed by atoms with Crippen molar-refractivity contribution in [3.8, 4) is 11.1 Å². The van der Waals surface area contributed by atoms with E-state index >= 15 is 0 Å². The van der Waals surface area contributed by atoms with Crippen LogP contribution < -0.4 is 5.32 Å². The molecule has 0 aliphatic heterocycles. The van der Waals surface area contributed by atoms with Gasteiger partial charge < -0.3 is 10.4 Å². The summed E-state index contributed by atoms with van der Waals surface area (Å²) in [5.41, 5.74) is 2.01. The topological polar surface area (TPSA) is 50.1 Å². The molecule has 20 heavy (non-hydrogen) atoms. The molecule has 2 N–H and O–H groups in total. The Labute approximate surface area is 120 Å². The van der Waals surface area contributed by atoms with Crippen LogP contribution in [0.3, 0.4) is 0 Å². The van der Waals surface area contributed by atoms with E-state index < -0.39 is 0 Å². The lowest BCUT2D eigenvalue weighted by molar-refractivity contribution is 0.156. The number of aliphatic hydroxyl groups excluding tert-OH is 1. The van der Waals surface area contributed by atoms with Crippen molar-refractivity contribution in [1.82, 2.24) is 15.1 Å². The second-order valence-electron chi connectivity index (χ2n) is 5.60. The maximum Gasteiger partial charge on any atom is 0.0611 e. The molecule has 0 radical (unpaired) electrons. The summed E-state index contributed by atoms with van der Waals surface area (Å²) in [6, 6.07) is 10.4. The van der Waals surface area contributed by atoms with Crippen LogP contribution in [0.4, 0.5) is 0 Å². The Morgan fingerprint density at radius 2 is 2.00 bits per heavy atom. The minimum absolute atomic E-state index is 0.112. The average molecular weight is 273 g/mol. The minimum Gasteiger partial charge on any atom is -0.394 e. The molecule has 2 rings (SSSR count). The molecule has 0 aliphatic carbocycles. The Balaban J connectivity index is 2.13. The smallest absolute Gasteiger partial charge is 0.0611 e. The van der Waals surface area contributed by atoms with Crippen molar-refractivity contribution in [2.45, 2.75) is 31.8 Å². The van der Waals surface area contributed by atoms with E-state index in [0.717, 1.165) is 12.0 Å². The minimum atomic E-state index is -0.279. The van der Waals surface area contributed by atoms with Gasteiger partial charge in [0.1, 0.15) is 0 Å². The summed E-state index contributed by atoms with van der Waals surface area (Å²) in [6.45, 7) is 4.25. The molecule has 0 bridgehead atoms. The van der Waals surface area contributed by atoms with E-state index in [1.807, 2.05) is 43.0 Å². The van der Waals surface area contributed by atoms with Crippen molar-refractivity contribution in [3.05, 3.63) is 42.7 Å². The first-order chi connectivity index (χ1) is 9.58. The molecule has 0 fully saturated rings. The van der Waals surface area contributed by atoms with Gasteiger partial charge in [0.2, 0.25) is 0 Å². The summed E-state index contributed by atoms with van der Waals surface area (Å²) in [4.78, 5) is 0. The van der Waals surface area contributed by atoms with Gasteiger partial charge in [0, 0.05) is 17.3 Å². The zero-order chi connectivity index (χ0) is 14.6. The number of likely N-dealkylation sites (N-methyl/N-ethyl adjacent to an activating group) is 1. The third kappa shape index (κ3) is 3.26. The van der Waals surface area contributed by atoms with Crippen LogP contribution in [0.5, 0.6) is 0 Å². The Morgan fingerprint density at radius 3 is 2.60 bits per heavy atom. The molecule has 0 spiro atoms. The van der Waals surface area contributed by atoms with E-state index in [9.17, 15) is 5.11 Å². The first kappa shape index (κ1) is 14.8. The fraction of sp³-hybridized carbons (Fsp3) is 0.438. The second-order valence-corrected chi connectivity index (χ2v) is 5.60. The maximum absolute atomic E-state index is 9.47. The van der Waals surface area contributed by atoms with E-state index in [0.29, 0.717) is 0 Å². The van der Waals surface area contributed by atoms with Crippen molar-refractivity contribution in [2.24, 2.45) is 0 Å². The normalized spacial score (nSPS) is 15.8. The number of hydrogen-bond acceptors (Lipinski definition) is 3. The summed E-state index contributed by atoms with van der Waals surface area (Å²) in [5.74, 6) is 0. The molecule has 1 aromatic heterocycles. The van der Waals surface area contributed by atoms with E-state index in [1.165, 1.54) is 5.56 Å². The van der Waals surface area contributed by atoms with Crippen LogP contribution in [0.2, 0.25) is 0 Å². The Hall–Kier alpha value is -1.65. The van der Waals surface area contributed by atoms with Crippen molar-refractivity contribution in [3.63, 3.8) is 0 Å². The highest BCUT2D eigenvalue weighted by Crippen LogP contribution is 2.23. The third-order valence-corrected chi connectivity index (χ3v) is 3.86. The summed E-state index contributed by atoms with van der Waals surface area (Å²) >= 11 is 0. The van der Waals surface area contributed by atoms with Gasteiger partial charge in [-0.2, -0.15) is 5.10 Å². The average Bonchev–Trinajstić information content (AvgIpc) is 2.98. The van der Waals surface area contributed by atoms with Crippen LogP contribution in [0.25, 0.3) is 11.1 Å². The van der Waals surface area contributed by atoms with Gasteiger partial charge in [-0.05, 0) is 32.9 Å². The molecule has 2 atom stereocenters. The van der Waals surface area contributed by atoms with Gasteiger partial charge in [-0.1, -0.05) is 30.3 Å². The second kappa shape index (κ2) is 6.20. The van der Waals surface area contributed by atoms with Crippen molar-refractivity contribution in [2.75, 3.05) is 13.7 Å². The number of nitrogens with one attached hydrogen (secondary N) is 1. The number of nitrogens with zero attached hydrogens (tertiary/aromatic N) is 2. The number of aliphatic hydroxyl groups is 1. The SMILES string of the molecule is CNC(C)(CO)CC(C)n1cc(-c2ccccc2)cn1. The van der Waals surface area contributed by atoms with Gasteiger partial charge in [0.05, 0.1) is 18.8 Å².